The fourth-order valence-electron chi connectivity index (χ4n) is 2.60. The molecule has 158 valence electrons. The van der Waals surface area contributed by atoms with Gasteiger partial charge in [0, 0.05) is 23.9 Å². The average Bonchev–Trinajstić information content (AvgIpc) is 3.10. The van der Waals surface area contributed by atoms with E-state index < -0.39 is 17.7 Å². The number of nitrogens with zero attached hydrogens (tertiary/aromatic N) is 2. The van der Waals surface area contributed by atoms with Crippen molar-refractivity contribution in [3.05, 3.63) is 59.3 Å². The maximum atomic E-state index is 13.7. The molecule has 0 aliphatic heterocycles. The molecular weight excluding hydrogens is 416 g/mol. The molecule has 0 bridgehead atoms. The average molecular weight is 436 g/mol. The van der Waals surface area contributed by atoms with Gasteiger partial charge in [-0.05, 0) is 44.4 Å². The topological polar surface area (TPSA) is 82.3 Å². The highest BCUT2D eigenvalue weighted by atomic mass is 35.5. The van der Waals surface area contributed by atoms with Crippen molar-refractivity contribution in [1.29, 1.82) is 0 Å². The van der Waals surface area contributed by atoms with E-state index in [1.165, 1.54) is 6.20 Å². The third-order valence-electron chi connectivity index (χ3n) is 4.08. The molecule has 0 atom stereocenters. The molecule has 7 nitrogen and oxygen atoms in total. The third-order valence-corrected chi connectivity index (χ3v) is 4.36. The number of ether oxygens (including phenoxy) is 1. The Morgan fingerprint density at radius 2 is 2.00 bits per heavy atom. The molecule has 2 aromatic carbocycles. The van der Waals surface area contributed by atoms with Gasteiger partial charge in [0.15, 0.2) is 0 Å². The molecule has 0 saturated carbocycles. The van der Waals surface area contributed by atoms with E-state index >= 15 is 0 Å². The molecule has 1 aromatic heterocycles. The van der Waals surface area contributed by atoms with Crippen molar-refractivity contribution in [2.24, 2.45) is 0 Å². The van der Waals surface area contributed by atoms with Crippen LogP contribution in [0.25, 0.3) is 11.3 Å². The summed E-state index contributed by atoms with van der Waals surface area (Å²) in [6, 6.07) is 7.18. The molecular formula is C20H20ClF2N5O2. The molecule has 0 spiro atoms. The fraction of sp³-hybridized carbons (Fsp3) is 0.200. The highest BCUT2D eigenvalue weighted by Gasteiger charge is 2.15. The lowest BCUT2D eigenvalue weighted by molar-refractivity contribution is 0.261. The van der Waals surface area contributed by atoms with E-state index in [-0.39, 0.29) is 5.69 Å². The van der Waals surface area contributed by atoms with Gasteiger partial charge >= 0.3 is 6.03 Å². The summed E-state index contributed by atoms with van der Waals surface area (Å²) < 4.78 is 32.6. The number of aromatic nitrogens is 2. The number of benzene rings is 2. The summed E-state index contributed by atoms with van der Waals surface area (Å²) in [6.07, 6.45) is 1.46. The molecule has 0 aliphatic carbocycles. The summed E-state index contributed by atoms with van der Waals surface area (Å²) in [5, 5.41) is 12.1. The Bertz CT molecular complexity index is 1040. The van der Waals surface area contributed by atoms with Crippen LogP contribution in [0.15, 0.2) is 42.6 Å². The smallest absolute Gasteiger partial charge is 0.323 e. The van der Waals surface area contributed by atoms with Gasteiger partial charge in [-0.1, -0.05) is 11.6 Å². The van der Waals surface area contributed by atoms with E-state index in [1.807, 2.05) is 19.0 Å². The van der Waals surface area contributed by atoms with Crippen LogP contribution in [0.1, 0.15) is 0 Å². The monoisotopic (exact) mass is 435 g/mol. The summed E-state index contributed by atoms with van der Waals surface area (Å²) in [5.41, 5.74) is 1.40. The summed E-state index contributed by atoms with van der Waals surface area (Å²) in [7, 11) is 3.87. The molecule has 30 heavy (non-hydrogen) atoms. The molecule has 3 aromatic rings. The number of hydrogen-bond donors (Lipinski definition) is 3. The van der Waals surface area contributed by atoms with Crippen molar-refractivity contribution < 1.29 is 18.3 Å². The normalized spacial score (nSPS) is 10.9. The predicted octanol–water partition coefficient (Wildman–Crippen LogP) is 4.59. The first-order valence-electron chi connectivity index (χ1n) is 8.97. The number of nitrogens with one attached hydrogen (secondary N) is 3. The van der Waals surface area contributed by atoms with E-state index in [9.17, 15) is 13.6 Å². The Kier molecular flexibility index (Phi) is 6.86. The number of aromatic amines is 1. The molecule has 3 rings (SSSR count). The Labute approximate surface area is 177 Å². The van der Waals surface area contributed by atoms with E-state index in [2.05, 4.69) is 20.8 Å². The van der Waals surface area contributed by atoms with Gasteiger partial charge in [0.25, 0.3) is 0 Å². The van der Waals surface area contributed by atoms with E-state index in [4.69, 9.17) is 16.3 Å². The minimum absolute atomic E-state index is 0.144. The molecule has 0 saturated heterocycles. The Morgan fingerprint density at radius 3 is 2.67 bits per heavy atom. The van der Waals surface area contributed by atoms with Crippen LogP contribution >= 0.6 is 11.6 Å². The number of H-pyrrole nitrogens is 1. The lowest BCUT2D eigenvalue weighted by atomic mass is 10.1. The highest BCUT2D eigenvalue weighted by Crippen LogP contribution is 2.35. The summed E-state index contributed by atoms with van der Waals surface area (Å²) in [6.45, 7) is 1.16. The van der Waals surface area contributed by atoms with Crippen LogP contribution in [0.5, 0.6) is 5.75 Å². The Hall–Kier alpha value is -3.17. The van der Waals surface area contributed by atoms with Crippen molar-refractivity contribution in [2.45, 2.75) is 0 Å². The number of amides is 2. The number of carbonyl (C=O) groups is 1. The quantitative estimate of drug-likeness (QED) is 0.507. The van der Waals surface area contributed by atoms with Crippen LogP contribution in [0.4, 0.5) is 25.0 Å². The predicted molar refractivity (Wildman–Crippen MR) is 112 cm³/mol. The largest absolute Gasteiger partial charge is 0.492 e. The molecule has 1 heterocycles. The van der Waals surface area contributed by atoms with Crippen molar-refractivity contribution in [3.63, 3.8) is 0 Å². The lowest BCUT2D eigenvalue weighted by Crippen LogP contribution is -2.20. The zero-order chi connectivity index (χ0) is 21.7. The van der Waals surface area contributed by atoms with Crippen molar-refractivity contribution in [3.8, 4) is 17.0 Å². The number of urea groups is 1. The Morgan fingerprint density at radius 1 is 1.20 bits per heavy atom. The Balaban J connectivity index is 1.79. The summed E-state index contributed by atoms with van der Waals surface area (Å²) >= 11 is 6.20. The van der Waals surface area contributed by atoms with E-state index in [1.54, 1.807) is 18.2 Å². The maximum Gasteiger partial charge on any atom is 0.323 e. The van der Waals surface area contributed by atoms with E-state index in [0.29, 0.717) is 46.9 Å². The fourth-order valence-corrected chi connectivity index (χ4v) is 2.80. The van der Waals surface area contributed by atoms with Crippen LogP contribution in [-0.2, 0) is 0 Å². The molecule has 10 heteroatoms. The first kappa shape index (κ1) is 21.5. The maximum absolute atomic E-state index is 13.7. The number of anilines is 2. The molecule has 2 amide bonds. The number of rotatable bonds is 7. The molecule has 0 fully saturated rings. The van der Waals surface area contributed by atoms with Gasteiger partial charge in [0.05, 0.1) is 22.6 Å². The number of halogens is 3. The second-order valence-electron chi connectivity index (χ2n) is 6.66. The van der Waals surface area contributed by atoms with Gasteiger partial charge in [-0.15, -0.1) is 0 Å². The zero-order valence-electron chi connectivity index (χ0n) is 16.3. The second kappa shape index (κ2) is 9.55. The van der Waals surface area contributed by atoms with Gasteiger partial charge in [0.2, 0.25) is 0 Å². The van der Waals surface area contributed by atoms with E-state index in [0.717, 1.165) is 12.1 Å². The zero-order valence-corrected chi connectivity index (χ0v) is 17.1. The van der Waals surface area contributed by atoms with Crippen molar-refractivity contribution in [1.82, 2.24) is 15.1 Å². The standard InChI is InChI=1S/C20H20ClF2N5O2/c1-28(2)7-8-30-18-6-4-13(10-14(18)19-15(21)11-24-27-19)25-20(29)26-17-5-3-12(22)9-16(17)23/h3-6,9-11H,7-8H2,1-2H3,(H,24,27)(H2,25,26,29). The minimum Gasteiger partial charge on any atom is -0.492 e. The number of likely N-dealkylation sites (N-methyl/N-ethyl adjacent to an activating group) is 1. The lowest BCUT2D eigenvalue weighted by Gasteiger charge is -2.15. The van der Waals surface area contributed by atoms with Crippen LogP contribution in [0.3, 0.4) is 0 Å². The highest BCUT2D eigenvalue weighted by molar-refractivity contribution is 6.33. The third kappa shape index (κ3) is 5.46. The van der Waals surface area contributed by atoms with Crippen LogP contribution < -0.4 is 15.4 Å². The number of carbonyl (C=O) groups excluding carboxylic acids is 1. The van der Waals surface area contributed by atoms with Crippen LogP contribution in [0.2, 0.25) is 5.02 Å². The SMILES string of the molecule is CN(C)CCOc1ccc(NC(=O)Nc2ccc(F)cc2F)cc1-c1[nH]ncc1Cl. The first-order valence-corrected chi connectivity index (χ1v) is 9.35. The van der Waals surface area contributed by atoms with Crippen molar-refractivity contribution >= 4 is 29.0 Å². The molecule has 3 N–H and O–H groups in total. The minimum atomic E-state index is -0.875. The molecule has 0 aliphatic rings. The van der Waals surface area contributed by atoms with Crippen molar-refractivity contribution in [2.75, 3.05) is 37.9 Å². The van der Waals surface area contributed by atoms with Crippen LogP contribution in [0, 0.1) is 11.6 Å². The second-order valence-corrected chi connectivity index (χ2v) is 7.07. The first-order chi connectivity index (χ1) is 14.3. The summed E-state index contributed by atoms with van der Waals surface area (Å²) in [5.74, 6) is -1.05. The van der Waals surface area contributed by atoms with Gasteiger partial charge in [-0.2, -0.15) is 5.10 Å². The van der Waals surface area contributed by atoms with Gasteiger partial charge < -0.3 is 20.3 Å². The number of hydrogen-bond acceptors (Lipinski definition) is 4. The summed E-state index contributed by atoms with van der Waals surface area (Å²) in [4.78, 5) is 14.2. The molecule has 0 unspecified atom stereocenters. The molecule has 0 radical (unpaired) electrons. The van der Waals surface area contributed by atoms with Gasteiger partial charge in [-0.25, -0.2) is 13.6 Å². The van der Waals surface area contributed by atoms with Crippen LogP contribution in [-0.4, -0.2) is 48.4 Å². The van der Waals surface area contributed by atoms with Gasteiger partial charge in [-0.3, -0.25) is 5.10 Å². The van der Waals surface area contributed by atoms with Gasteiger partial charge in [0.1, 0.15) is 24.0 Å².